The van der Waals surface area contributed by atoms with Crippen molar-refractivity contribution in [3.8, 4) is 0 Å². The Balaban J connectivity index is 1.73. The zero-order valence-corrected chi connectivity index (χ0v) is 11.8. The van der Waals surface area contributed by atoms with E-state index in [9.17, 15) is 9.18 Å². The number of aliphatic imine (C=N–C) groups is 1. The summed E-state index contributed by atoms with van der Waals surface area (Å²) in [5.74, 6) is -0.695. The number of nitrogens with zero attached hydrogens (tertiary/aromatic N) is 1. The van der Waals surface area contributed by atoms with E-state index in [1.54, 1.807) is 18.2 Å². The van der Waals surface area contributed by atoms with E-state index in [2.05, 4.69) is 4.99 Å². The molecule has 0 saturated carbocycles. The van der Waals surface area contributed by atoms with Crippen molar-refractivity contribution in [2.24, 2.45) is 4.99 Å². The van der Waals surface area contributed by atoms with Gasteiger partial charge in [-0.2, -0.15) is 0 Å². The van der Waals surface area contributed by atoms with E-state index in [0.29, 0.717) is 11.3 Å². The third kappa shape index (κ3) is 2.42. The Kier molecular flexibility index (Phi) is 3.05. The Labute approximate surface area is 130 Å². The highest BCUT2D eigenvalue weighted by Crippen LogP contribution is 2.24. The molecule has 1 aromatic heterocycles. The van der Waals surface area contributed by atoms with E-state index in [-0.39, 0.29) is 17.2 Å². The lowest BCUT2D eigenvalue weighted by molar-refractivity contribution is -0.129. The van der Waals surface area contributed by atoms with Crippen molar-refractivity contribution in [1.29, 1.82) is 0 Å². The van der Waals surface area contributed by atoms with Gasteiger partial charge in [-0.1, -0.05) is 30.3 Å². The summed E-state index contributed by atoms with van der Waals surface area (Å²) >= 11 is 0. The Bertz CT molecular complexity index is 952. The van der Waals surface area contributed by atoms with Crippen LogP contribution in [0.15, 0.2) is 69.7 Å². The Hall–Kier alpha value is -3.21. The van der Waals surface area contributed by atoms with Crippen LogP contribution in [0.5, 0.6) is 0 Å². The lowest BCUT2D eigenvalue weighted by atomic mass is 10.2. The largest absolute Gasteiger partial charge is 0.457 e. The third-order valence-corrected chi connectivity index (χ3v) is 3.45. The molecule has 2 aromatic carbocycles. The van der Waals surface area contributed by atoms with Gasteiger partial charge in [0.15, 0.2) is 5.70 Å². The number of ether oxygens (including phenoxy) is 1. The fourth-order valence-electron chi connectivity index (χ4n) is 2.37. The first-order valence-electron chi connectivity index (χ1n) is 6.97. The van der Waals surface area contributed by atoms with Crippen LogP contribution >= 0.6 is 0 Å². The molecule has 0 bridgehead atoms. The van der Waals surface area contributed by atoms with Crippen molar-refractivity contribution >= 4 is 28.9 Å². The van der Waals surface area contributed by atoms with Crippen molar-refractivity contribution in [1.82, 2.24) is 0 Å². The van der Waals surface area contributed by atoms with Crippen molar-refractivity contribution in [3.63, 3.8) is 0 Å². The summed E-state index contributed by atoms with van der Waals surface area (Å²) < 4.78 is 24.4. The maximum absolute atomic E-state index is 13.8. The number of esters is 1. The number of carbonyl (C=O) groups is 1. The predicted octanol–water partition coefficient (Wildman–Crippen LogP) is 3.92. The summed E-state index contributed by atoms with van der Waals surface area (Å²) in [4.78, 5) is 16.0. The van der Waals surface area contributed by atoms with E-state index >= 15 is 0 Å². The van der Waals surface area contributed by atoms with Gasteiger partial charge in [-0.15, -0.1) is 0 Å². The van der Waals surface area contributed by atoms with Gasteiger partial charge in [-0.25, -0.2) is 14.2 Å². The number of benzene rings is 2. The van der Waals surface area contributed by atoms with Crippen LogP contribution < -0.4 is 0 Å². The lowest BCUT2D eigenvalue weighted by Crippen LogP contribution is -2.07. The molecule has 2 heterocycles. The molecule has 0 atom stereocenters. The molecule has 0 saturated heterocycles. The van der Waals surface area contributed by atoms with Crippen LogP contribution in [0.2, 0.25) is 0 Å². The molecule has 1 aliphatic heterocycles. The minimum atomic E-state index is -0.635. The number of cyclic esters (lactones) is 1. The highest BCUT2D eigenvalue weighted by Gasteiger charge is 2.26. The molecule has 4 nitrogen and oxygen atoms in total. The number of rotatable bonds is 2. The number of hydrogen-bond acceptors (Lipinski definition) is 4. The molecule has 23 heavy (non-hydrogen) atoms. The summed E-state index contributed by atoms with van der Waals surface area (Å²) in [7, 11) is 0. The minimum Gasteiger partial charge on any atom is -0.457 e. The molecule has 0 amide bonds. The second kappa shape index (κ2) is 5.21. The number of halogens is 1. The van der Waals surface area contributed by atoms with Crippen molar-refractivity contribution < 1.29 is 18.3 Å². The van der Waals surface area contributed by atoms with E-state index in [4.69, 9.17) is 9.15 Å². The van der Waals surface area contributed by atoms with E-state index < -0.39 is 11.8 Å². The highest BCUT2D eigenvalue weighted by molar-refractivity contribution is 6.12. The molecular weight excluding hydrogens is 297 g/mol. The molecule has 5 heteroatoms. The first kappa shape index (κ1) is 13.5. The lowest BCUT2D eigenvalue weighted by Gasteiger charge is -1.99. The zero-order valence-electron chi connectivity index (χ0n) is 11.8. The van der Waals surface area contributed by atoms with Crippen LogP contribution in [-0.4, -0.2) is 11.9 Å². The molecule has 1 aliphatic rings. The van der Waals surface area contributed by atoms with E-state index in [1.165, 1.54) is 18.2 Å². The minimum absolute atomic E-state index is 0.0459. The molecule has 112 valence electrons. The second-order valence-corrected chi connectivity index (χ2v) is 5.00. The van der Waals surface area contributed by atoms with Gasteiger partial charge in [0.05, 0.1) is 5.56 Å². The van der Waals surface area contributed by atoms with E-state index in [1.807, 2.05) is 24.3 Å². The van der Waals surface area contributed by atoms with Gasteiger partial charge in [0.25, 0.3) is 0 Å². The summed E-state index contributed by atoms with van der Waals surface area (Å²) in [5.41, 5.74) is 0.931. The van der Waals surface area contributed by atoms with Gasteiger partial charge >= 0.3 is 5.97 Å². The van der Waals surface area contributed by atoms with Gasteiger partial charge in [-0.3, -0.25) is 0 Å². The molecule has 0 fully saturated rings. The van der Waals surface area contributed by atoms with Gasteiger partial charge in [0, 0.05) is 11.5 Å². The van der Waals surface area contributed by atoms with Crippen LogP contribution in [-0.2, 0) is 9.53 Å². The van der Waals surface area contributed by atoms with Crippen LogP contribution in [0.4, 0.5) is 4.39 Å². The SMILES string of the molecule is O=C1OC(c2ccccc2F)=N/C1=C/c1cc2ccccc2o1. The molecule has 4 rings (SSSR count). The predicted molar refractivity (Wildman–Crippen MR) is 83.2 cm³/mol. The van der Waals surface area contributed by atoms with Gasteiger partial charge in [0.2, 0.25) is 5.90 Å². The molecule has 0 aliphatic carbocycles. The average molecular weight is 307 g/mol. The fourth-order valence-corrected chi connectivity index (χ4v) is 2.37. The molecule has 0 radical (unpaired) electrons. The topological polar surface area (TPSA) is 51.8 Å². The maximum Gasteiger partial charge on any atom is 0.363 e. The molecule has 0 N–H and O–H groups in total. The monoisotopic (exact) mass is 307 g/mol. The number of carbonyl (C=O) groups excluding carboxylic acids is 1. The summed E-state index contributed by atoms with van der Waals surface area (Å²) in [6, 6.07) is 15.3. The molecule has 0 spiro atoms. The zero-order chi connectivity index (χ0) is 15.8. The number of hydrogen-bond donors (Lipinski definition) is 0. The Morgan fingerprint density at radius 1 is 1.04 bits per heavy atom. The first-order chi connectivity index (χ1) is 11.2. The highest BCUT2D eigenvalue weighted by atomic mass is 19.1. The second-order valence-electron chi connectivity index (χ2n) is 5.00. The van der Waals surface area contributed by atoms with Crippen molar-refractivity contribution in [3.05, 3.63) is 77.4 Å². The van der Waals surface area contributed by atoms with Crippen molar-refractivity contribution in [2.75, 3.05) is 0 Å². The number of fused-ring (bicyclic) bond motifs is 1. The van der Waals surface area contributed by atoms with Crippen LogP contribution in [0.3, 0.4) is 0 Å². The maximum atomic E-state index is 13.8. The number of furan rings is 1. The van der Waals surface area contributed by atoms with Crippen LogP contribution in [0, 0.1) is 5.82 Å². The van der Waals surface area contributed by atoms with E-state index in [0.717, 1.165) is 5.39 Å². The summed E-state index contributed by atoms with van der Waals surface area (Å²) in [6.07, 6.45) is 1.48. The first-order valence-corrected chi connectivity index (χ1v) is 6.97. The molecule has 3 aromatic rings. The summed E-state index contributed by atoms with van der Waals surface area (Å²) in [6.45, 7) is 0. The normalized spacial score (nSPS) is 16.0. The number of para-hydroxylation sites is 1. The van der Waals surface area contributed by atoms with Crippen LogP contribution in [0.1, 0.15) is 11.3 Å². The standard InChI is InChI=1S/C18H10FNO3/c19-14-7-3-2-6-13(14)17-20-15(18(21)23-17)10-12-9-11-5-1-4-8-16(11)22-12/h1-10H/b15-10+. The quantitative estimate of drug-likeness (QED) is 0.532. The summed E-state index contributed by atoms with van der Waals surface area (Å²) in [5, 5.41) is 0.920. The average Bonchev–Trinajstić information content (AvgIpc) is 3.11. The third-order valence-electron chi connectivity index (χ3n) is 3.45. The molecular formula is C18H10FNO3. The Morgan fingerprint density at radius 3 is 2.65 bits per heavy atom. The van der Waals surface area contributed by atoms with Gasteiger partial charge < -0.3 is 9.15 Å². The van der Waals surface area contributed by atoms with Crippen molar-refractivity contribution in [2.45, 2.75) is 0 Å². The fraction of sp³-hybridized carbons (Fsp3) is 0. The van der Waals surface area contributed by atoms with Gasteiger partial charge in [-0.05, 0) is 24.3 Å². The van der Waals surface area contributed by atoms with Crippen LogP contribution in [0.25, 0.3) is 17.0 Å². The van der Waals surface area contributed by atoms with Gasteiger partial charge in [0.1, 0.15) is 17.2 Å². The molecule has 0 unspecified atom stereocenters. The Morgan fingerprint density at radius 2 is 1.83 bits per heavy atom. The smallest absolute Gasteiger partial charge is 0.363 e.